The molecular formula is C46H31N3O. The molecule has 7 aromatic carbocycles. The minimum atomic E-state index is -0.616. The number of nitrogens with zero attached hydrogens (tertiary/aromatic N) is 3. The van der Waals surface area contributed by atoms with Gasteiger partial charge in [0.2, 0.25) is 0 Å². The van der Waals surface area contributed by atoms with E-state index in [0.29, 0.717) is 23.9 Å². The molecule has 50 heavy (non-hydrogen) atoms. The smallest absolute Gasteiger partial charge is 0.163 e. The fraction of sp³-hybridized carbons (Fsp3) is 0.0652. The molecule has 1 aliphatic rings. The molecule has 4 heteroatoms. The zero-order valence-corrected chi connectivity index (χ0v) is 27.5. The van der Waals surface area contributed by atoms with Crippen molar-refractivity contribution in [3.63, 3.8) is 0 Å². The second-order valence-electron chi connectivity index (χ2n) is 13.4. The Hall–Kier alpha value is -6.39. The summed E-state index contributed by atoms with van der Waals surface area (Å²) in [6, 6.07) is 51.0. The predicted octanol–water partition coefficient (Wildman–Crippen LogP) is 11.8. The molecule has 0 bridgehead atoms. The Morgan fingerprint density at radius 1 is 0.500 bits per heavy atom. The molecule has 10 rings (SSSR count). The summed E-state index contributed by atoms with van der Waals surface area (Å²) in [5.74, 6) is 2.88. The number of benzene rings is 7. The zero-order chi connectivity index (χ0) is 33.2. The Labute approximate surface area is 289 Å². The van der Waals surface area contributed by atoms with Gasteiger partial charge in [-0.1, -0.05) is 152 Å². The summed E-state index contributed by atoms with van der Waals surface area (Å²) in [6.45, 7) is 2.20. The van der Waals surface area contributed by atoms with Crippen molar-refractivity contribution in [2.75, 3.05) is 0 Å². The summed E-state index contributed by atoms with van der Waals surface area (Å²) < 4.78 is 7.06. The van der Waals surface area contributed by atoms with E-state index in [-0.39, 0.29) is 0 Å². The first-order chi connectivity index (χ1) is 24.7. The van der Waals surface area contributed by atoms with Crippen LogP contribution in [0.25, 0.3) is 83.3 Å². The molecule has 9 aromatic rings. The number of fused-ring (bicyclic) bond motifs is 9. The molecule has 0 N–H and O–H groups in total. The maximum Gasteiger partial charge on any atom is 0.163 e. The van der Waals surface area contributed by atoms with E-state index in [1.807, 2.05) is 60.7 Å². The van der Waals surface area contributed by atoms with Crippen molar-refractivity contribution in [3.05, 3.63) is 169 Å². The third-order valence-corrected chi connectivity index (χ3v) is 10.3. The standard InChI is InChI=1S/C46H31N3O/c1-46(45-48-43(29-14-4-2-5-15-29)47-44(49-45)30-16-6-3-7-17-30)27-13-24-39-38-23-12-22-32(41(38)50-42(39)46)31-25-26-37-35-20-9-8-18-33(35)34-19-10-11-21-36(34)40(37)28-31/h2-26,28H,27H2,1H3. The van der Waals surface area contributed by atoms with Crippen molar-refractivity contribution in [3.8, 4) is 33.9 Å². The Balaban J connectivity index is 1.17. The van der Waals surface area contributed by atoms with E-state index < -0.39 is 5.41 Å². The summed E-state index contributed by atoms with van der Waals surface area (Å²) >= 11 is 0. The van der Waals surface area contributed by atoms with Gasteiger partial charge in [0.25, 0.3) is 0 Å². The number of hydrogen-bond donors (Lipinski definition) is 0. The second-order valence-corrected chi connectivity index (χ2v) is 13.4. The van der Waals surface area contributed by atoms with Crippen LogP contribution in [0.15, 0.2) is 156 Å². The van der Waals surface area contributed by atoms with Gasteiger partial charge in [-0.25, -0.2) is 15.0 Å². The average molecular weight is 642 g/mol. The monoisotopic (exact) mass is 641 g/mol. The third-order valence-electron chi connectivity index (χ3n) is 10.3. The fourth-order valence-electron chi connectivity index (χ4n) is 7.77. The summed E-state index contributed by atoms with van der Waals surface area (Å²) in [7, 11) is 0. The molecule has 1 unspecified atom stereocenters. The first-order valence-corrected chi connectivity index (χ1v) is 17.1. The first kappa shape index (κ1) is 28.6. The summed E-state index contributed by atoms with van der Waals surface area (Å²) in [5.41, 5.74) is 5.43. The van der Waals surface area contributed by atoms with Crippen LogP contribution < -0.4 is 0 Å². The maximum atomic E-state index is 7.06. The van der Waals surface area contributed by atoms with Gasteiger partial charge in [0, 0.05) is 27.6 Å². The van der Waals surface area contributed by atoms with Crippen LogP contribution in [0.1, 0.15) is 30.5 Å². The Bertz CT molecular complexity index is 2710. The number of aromatic nitrogens is 3. The molecule has 1 aliphatic carbocycles. The molecule has 236 valence electrons. The van der Waals surface area contributed by atoms with Crippen LogP contribution in [0.5, 0.6) is 0 Å². The van der Waals surface area contributed by atoms with Crippen molar-refractivity contribution >= 4 is 49.4 Å². The topological polar surface area (TPSA) is 51.8 Å². The van der Waals surface area contributed by atoms with Crippen LogP contribution in [0.3, 0.4) is 0 Å². The number of allylic oxidation sites excluding steroid dienone is 1. The van der Waals surface area contributed by atoms with E-state index in [0.717, 1.165) is 44.5 Å². The Kier molecular flexibility index (Phi) is 6.34. The lowest BCUT2D eigenvalue weighted by molar-refractivity contribution is 0.408. The largest absolute Gasteiger partial charge is 0.459 e. The minimum Gasteiger partial charge on any atom is -0.459 e. The van der Waals surface area contributed by atoms with Crippen LogP contribution in [0.2, 0.25) is 0 Å². The zero-order valence-electron chi connectivity index (χ0n) is 27.5. The molecule has 0 saturated carbocycles. The molecule has 0 amide bonds. The van der Waals surface area contributed by atoms with E-state index in [2.05, 4.69) is 104 Å². The molecule has 0 aliphatic heterocycles. The van der Waals surface area contributed by atoms with Crippen molar-refractivity contribution in [1.82, 2.24) is 15.0 Å². The van der Waals surface area contributed by atoms with Gasteiger partial charge < -0.3 is 4.42 Å². The highest BCUT2D eigenvalue weighted by Crippen LogP contribution is 2.47. The van der Waals surface area contributed by atoms with E-state index in [9.17, 15) is 0 Å². The fourth-order valence-corrected chi connectivity index (χ4v) is 7.77. The van der Waals surface area contributed by atoms with Crippen LogP contribution >= 0.6 is 0 Å². The molecule has 0 saturated heterocycles. The number of hydrogen-bond acceptors (Lipinski definition) is 4. The van der Waals surface area contributed by atoms with Crippen LogP contribution in [0.4, 0.5) is 0 Å². The van der Waals surface area contributed by atoms with E-state index in [1.165, 1.54) is 32.3 Å². The molecular weight excluding hydrogens is 611 g/mol. The first-order valence-electron chi connectivity index (χ1n) is 17.1. The normalized spacial score (nSPS) is 15.6. The summed E-state index contributed by atoms with van der Waals surface area (Å²) in [5, 5.41) is 8.64. The van der Waals surface area contributed by atoms with Crippen LogP contribution in [-0.2, 0) is 5.41 Å². The quantitative estimate of drug-likeness (QED) is 0.179. The van der Waals surface area contributed by atoms with Gasteiger partial charge in [-0.3, -0.25) is 0 Å². The molecule has 0 spiro atoms. The highest BCUT2D eigenvalue weighted by atomic mass is 16.3. The van der Waals surface area contributed by atoms with Gasteiger partial charge >= 0.3 is 0 Å². The number of furan rings is 1. The number of rotatable bonds is 4. The molecule has 4 nitrogen and oxygen atoms in total. The highest BCUT2D eigenvalue weighted by Gasteiger charge is 2.40. The van der Waals surface area contributed by atoms with E-state index in [4.69, 9.17) is 19.4 Å². The van der Waals surface area contributed by atoms with Gasteiger partial charge in [-0.15, -0.1) is 0 Å². The minimum absolute atomic E-state index is 0.616. The van der Waals surface area contributed by atoms with Crippen LogP contribution in [0, 0.1) is 0 Å². The SMILES string of the molecule is CC1(c2nc(-c3ccccc3)nc(-c3ccccc3)n2)CC=Cc2c1oc1c(-c3ccc4c5ccccc5c5ccccc5c4c3)cccc21. The lowest BCUT2D eigenvalue weighted by Gasteiger charge is -2.28. The van der Waals surface area contributed by atoms with Crippen molar-refractivity contribution in [2.45, 2.75) is 18.8 Å². The second kappa shape index (κ2) is 11.1. The van der Waals surface area contributed by atoms with E-state index >= 15 is 0 Å². The van der Waals surface area contributed by atoms with Crippen molar-refractivity contribution in [2.24, 2.45) is 0 Å². The summed E-state index contributed by atoms with van der Waals surface area (Å²) in [4.78, 5) is 15.2. The Morgan fingerprint density at radius 2 is 1.04 bits per heavy atom. The van der Waals surface area contributed by atoms with Gasteiger partial charge in [0.15, 0.2) is 11.6 Å². The predicted molar refractivity (Wildman–Crippen MR) is 205 cm³/mol. The Morgan fingerprint density at radius 3 is 1.66 bits per heavy atom. The van der Waals surface area contributed by atoms with Crippen molar-refractivity contribution in [1.29, 1.82) is 0 Å². The average Bonchev–Trinajstić information content (AvgIpc) is 3.59. The summed E-state index contributed by atoms with van der Waals surface area (Å²) in [6.07, 6.45) is 5.13. The lowest BCUT2D eigenvalue weighted by atomic mass is 9.77. The van der Waals surface area contributed by atoms with Gasteiger partial charge in [0.1, 0.15) is 17.2 Å². The maximum absolute atomic E-state index is 7.06. The molecule has 0 fully saturated rings. The van der Waals surface area contributed by atoms with Gasteiger partial charge in [-0.2, -0.15) is 0 Å². The molecule has 2 heterocycles. The van der Waals surface area contributed by atoms with Gasteiger partial charge in [-0.05, 0) is 57.3 Å². The highest BCUT2D eigenvalue weighted by molar-refractivity contribution is 6.25. The van der Waals surface area contributed by atoms with Gasteiger partial charge in [0.05, 0.1) is 5.41 Å². The third kappa shape index (κ3) is 4.35. The van der Waals surface area contributed by atoms with E-state index in [1.54, 1.807) is 0 Å². The molecule has 2 aromatic heterocycles. The molecule has 1 atom stereocenters. The van der Waals surface area contributed by atoms with Crippen LogP contribution in [-0.4, -0.2) is 15.0 Å². The van der Waals surface area contributed by atoms with Crippen molar-refractivity contribution < 1.29 is 4.42 Å². The lowest BCUT2D eigenvalue weighted by Crippen LogP contribution is -2.28. The molecule has 0 radical (unpaired) electrons. The number of para-hydroxylation sites is 1.